The standard InChI is InChI=1S/C16H13N5O/c1-9-13(8-18-10(2)19-9)16-20-15(21-22-16)12-4-3-5-14-11(12)6-7-17-14/h3-8,17H,1-2H3. The van der Waals surface area contributed by atoms with Crippen LogP contribution in [0.5, 0.6) is 0 Å². The van der Waals surface area contributed by atoms with Crippen LogP contribution in [0.25, 0.3) is 33.7 Å². The molecule has 4 aromatic rings. The summed E-state index contributed by atoms with van der Waals surface area (Å²) >= 11 is 0. The summed E-state index contributed by atoms with van der Waals surface area (Å²) in [6.07, 6.45) is 3.61. The lowest BCUT2D eigenvalue weighted by atomic mass is 10.1. The third-order valence-corrected chi connectivity index (χ3v) is 3.59. The predicted octanol–water partition coefficient (Wildman–Crippen LogP) is 3.29. The number of benzene rings is 1. The van der Waals surface area contributed by atoms with E-state index in [1.807, 2.05) is 44.3 Å². The first-order valence-electron chi connectivity index (χ1n) is 6.93. The molecule has 108 valence electrons. The Morgan fingerprint density at radius 2 is 1.95 bits per heavy atom. The molecular formula is C16H13N5O. The summed E-state index contributed by atoms with van der Waals surface area (Å²) in [5.41, 5.74) is 3.55. The maximum absolute atomic E-state index is 5.40. The summed E-state index contributed by atoms with van der Waals surface area (Å²) in [6, 6.07) is 7.95. The monoisotopic (exact) mass is 291 g/mol. The van der Waals surface area contributed by atoms with Crippen molar-refractivity contribution in [2.75, 3.05) is 0 Å². The molecule has 0 fully saturated rings. The molecule has 0 aliphatic heterocycles. The van der Waals surface area contributed by atoms with Crippen LogP contribution in [0.4, 0.5) is 0 Å². The average Bonchev–Trinajstić information content (AvgIpc) is 3.15. The largest absolute Gasteiger partial charge is 0.361 e. The van der Waals surface area contributed by atoms with Gasteiger partial charge in [-0.05, 0) is 26.0 Å². The van der Waals surface area contributed by atoms with Gasteiger partial charge >= 0.3 is 0 Å². The molecule has 0 aliphatic carbocycles. The number of fused-ring (bicyclic) bond motifs is 1. The highest BCUT2D eigenvalue weighted by atomic mass is 16.5. The fraction of sp³-hybridized carbons (Fsp3) is 0.125. The summed E-state index contributed by atoms with van der Waals surface area (Å²) in [7, 11) is 0. The molecule has 0 amide bonds. The molecule has 0 unspecified atom stereocenters. The van der Waals surface area contributed by atoms with Gasteiger partial charge in [0.1, 0.15) is 5.82 Å². The van der Waals surface area contributed by atoms with Crippen LogP contribution in [0.1, 0.15) is 11.5 Å². The number of aromatic amines is 1. The summed E-state index contributed by atoms with van der Waals surface area (Å²) in [6.45, 7) is 3.75. The molecule has 0 bridgehead atoms. The van der Waals surface area contributed by atoms with Gasteiger partial charge in [0, 0.05) is 28.9 Å². The van der Waals surface area contributed by atoms with Crippen LogP contribution >= 0.6 is 0 Å². The van der Waals surface area contributed by atoms with Gasteiger partial charge in [0.25, 0.3) is 5.89 Å². The zero-order chi connectivity index (χ0) is 15.1. The molecule has 4 rings (SSSR count). The molecule has 0 saturated heterocycles. The number of aryl methyl sites for hydroxylation is 2. The van der Waals surface area contributed by atoms with E-state index >= 15 is 0 Å². The molecular weight excluding hydrogens is 278 g/mol. The van der Waals surface area contributed by atoms with Crippen LogP contribution in [0.15, 0.2) is 41.2 Å². The Morgan fingerprint density at radius 3 is 2.82 bits per heavy atom. The van der Waals surface area contributed by atoms with Gasteiger partial charge in [-0.15, -0.1) is 0 Å². The SMILES string of the molecule is Cc1ncc(-c2nc(-c3cccc4[nH]ccc34)no2)c(C)n1. The minimum Gasteiger partial charge on any atom is -0.361 e. The van der Waals surface area contributed by atoms with Crippen molar-refractivity contribution < 1.29 is 4.52 Å². The zero-order valence-electron chi connectivity index (χ0n) is 12.2. The summed E-state index contributed by atoms with van der Waals surface area (Å²) in [5, 5.41) is 5.16. The lowest BCUT2D eigenvalue weighted by Crippen LogP contribution is -1.94. The molecule has 6 heteroatoms. The fourth-order valence-electron chi connectivity index (χ4n) is 2.52. The normalized spacial score (nSPS) is 11.2. The van der Waals surface area contributed by atoms with Crippen molar-refractivity contribution in [2.24, 2.45) is 0 Å². The second-order valence-corrected chi connectivity index (χ2v) is 5.08. The Morgan fingerprint density at radius 1 is 1.05 bits per heavy atom. The van der Waals surface area contributed by atoms with Crippen LogP contribution in [-0.4, -0.2) is 25.1 Å². The molecule has 3 heterocycles. The Hall–Kier alpha value is -3.02. The van der Waals surface area contributed by atoms with E-state index in [4.69, 9.17) is 4.52 Å². The second kappa shape index (κ2) is 4.77. The van der Waals surface area contributed by atoms with E-state index in [-0.39, 0.29) is 0 Å². The summed E-state index contributed by atoms with van der Waals surface area (Å²) in [5.74, 6) is 1.71. The highest BCUT2D eigenvalue weighted by Crippen LogP contribution is 2.28. The highest BCUT2D eigenvalue weighted by molar-refractivity contribution is 5.93. The van der Waals surface area contributed by atoms with Crippen molar-refractivity contribution in [3.8, 4) is 22.8 Å². The molecule has 1 aromatic carbocycles. The maximum Gasteiger partial charge on any atom is 0.261 e. The van der Waals surface area contributed by atoms with E-state index in [1.165, 1.54) is 0 Å². The van der Waals surface area contributed by atoms with Crippen molar-refractivity contribution in [2.45, 2.75) is 13.8 Å². The number of aromatic nitrogens is 5. The second-order valence-electron chi connectivity index (χ2n) is 5.08. The molecule has 1 N–H and O–H groups in total. The van der Waals surface area contributed by atoms with Crippen molar-refractivity contribution in [1.82, 2.24) is 25.1 Å². The van der Waals surface area contributed by atoms with Crippen LogP contribution in [-0.2, 0) is 0 Å². The van der Waals surface area contributed by atoms with Crippen LogP contribution < -0.4 is 0 Å². The quantitative estimate of drug-likeness (QED) is 0.613. The minimum atomic E-state index is 0.431. The van der Waals surface area contributed by atoms with Gasteiger partial charge in [-0.2, -0.15) is 4.98 Å². The van der Waals surface area contributed by atoms with Crippen molar-refractivity contribution >= 4 is 10.9 Å². The molecule has 0 spiro atoms. The van der Waals surface area contributed by atoms with E-state index in [2.05, 4.69) is 25.1 Å². The van der Waals surface area contributed by atoms with E-state index < -0.39 is 0 Å². The number of H-pyrrole nitrogens is 1. The highest BCUT2D eigenvalue weighted by Gasteiger charge is 2.15. The molecule has 0 atom stereocenters. The van der Waals surface area contributed by atoms with E-state index in [9.17, 15) is 0 Å². The Kier molecular flexibility index (Phi) is 2.75. The van der Waals surface area contributed by atoms with Gasteiger partial charge in [0.05, 0.1) is 11.3 Å². The summed E-state index contributed by atoms with van der Waals surface area (Å²) in [4.78, 5) is 16.2. The summed E-state index contributed by atoms with van der Waals surface area (Å²) < 4.78 is 5.40. The van der Waals surface area contributed by atoms with Gasteiger partial charge in [-0.3, -0.25) is 0 Å². The minimum absolute atomic E-state index is 0.431. The number of hydrogen-bond acceptors (Lipinski definition) is 5. The lowest BCUT2D eigenvalue weighted by Gasteiger charge is -1.99. The molecule has 0 aliphatic rings. The van der Waals surface area contributed by atoms with Gasteiger partial charge in [-0.1, -0.05) is 17.3 Å². The van der Waals surface area contributed by atoms with E-state index in [0.29, 0.717) is 11.7 Å². The Bertz CT molecular complexity index is 970. The lowest BCUT2D eigenvalue weighted by molar-refractivity contribution is 0.431. The van der Waals surface area contributed by atoms with Gasteiger partial charge < -0.3 is 9.51 Å². The smallest absolute Gasteiger partial charge is 0.261 e. The Labute approximate surface area is 126 Å². The zero-order valence-corrected chi connectivity index (χ0v) is 12.2. The molecule has 0 saturated carbocycles. The number of rotatable bonds is 2. The van der Waals surface area contributed by atoms with Crippen molar-refractivity contribution in [3.05, 3.63) is 48.2 Å². The topological polar surface area (TPSA) is 80.5 Å². The van der Waals surface area contributed by atoms with E-state index in [1.54, 1.807) is 6.20 Å². The molecule has 3 aromatic heterocycles. The van der Waals surface area contributed by atoms with Crippen molar-refractivity contribution in [1.29, 1.82) is 0 Å². The van der Waals surface area contributed by atoms with Gasteiger partial charge in [0.15, 0.2) is 0 Å². The van der Waals surface area contributed by atoms with Gasteiger partial charge in [0.2, 0.25) is 5.82 Å². The third kappa shape index (κ3) is 1.96. The number of nitrogens with one attached hydrogen (secondary N) is 1. The first-order chi connectivity index (χ1) is 10.7. The van der Waals surface area contributed by atoms with Crippen molar-refractivity contribution in [3.63, 3.8) is 0 Å². The maximum atomic E-state index is 5.40. The fourth-order valence-corrected chi connectivity index (χ4v) is 2.52. The predicted molar refractivity (Wildman–Crippen MR) is 82.1 cm³/mol. The van der Waals surface area contributed by atoms with Crippen LogP contribution in [0.3, 0.4) is 0 Å². The van der Waals surface area contributed by atoms with Gasteiger partial charge in [-0.25, -0.2) is 9.97 Å². The average molecular weight is 291 g/mol. The van der Waals surface area contributed by atoms with Crippen LogP contribution in [0, 0.1) is 13.8 Å². The first kappa shape index (κ1) is 12.7. The Balaban J connectivity index is 1.83. The van der Waals surface area contributed by atoms with E-state index in [0.717, 1.165) is 33.5 Å². The number of hydrogen-bond donors (Lipinski definition) is 1. The first-order valence-corrected chi connectivity index (χ1v) is 6.93. The van der Waals surface area contributed by atoms with Crippen LogP contribution in [0.2, 0.25) is 0 Å². The number of nitrogens with zero attached hydrogens (tertiary/aromatic N) is 4. The molecule has 6 nitrogen and oxygen atoms in total. The third-order valence-electron chi connectivity index (χ3n) is 3.59. The molecule has 22 heavy (non-hydrogen) atoms. The molecule has 0 radical (unpaired) electrons.